The van der Waals surface area contributed by atoms with Crippen LogP contribution in [0.5, 0.6) is 0 Å². The number of aromatic nitrogens is 12. The molecule has 6 aromatic heterocycles. The summed E-state index contributed by atoms with van der Waals surface area (Å²) < 4.78 is 190. The van der Waals surface area contributed by atoms with E-state index in [0.717, 1.165) is 93.8 Å². The van der Waals surface area contributed by atoms with Crippen molar-refractivity contribution in [2.45, 2.75) is 38.9 Å². The van der Waals surface area contributed by atoms with Crippen molar-refractivity contribution in [3.8, 4) is 159 Å². The van der Waals surface area contributed by atoms with Crippen molar-refractivity contribution in [1.82, 2.24) is 59.0 Å². The quantitative estimate of drug-likeness (QED) is 0.0667. The first-order valence-corrected chi connectivity index (χ1v) is 42.8. The van der Waals surface area contributed by atoms with Gasteiger partial charge in [0.25, 0.3) is 0 Å². The highest BCUT2D eigenvalue weighted by Gasteiger charge is 2.52. The van der Waals surface area contributed by atoms with Crippen LogP contribution in [0, 0.1) is 0 Å². The molecular weight excluding hydrogens is 1640 g/mol. The van der Waals surface area contributed by atoms with Crippen LogP contribution in [0.1, 0.15) is 55.1 Å². The molecule has 0 unspecified atom stereocenters. The molecule has 630 valence electrons. The van der Waals surface area contributed by atoms with Gasteiger partial charge in [-0.1, -0.05) is 387 Å². The zero-order valence-corrected chi connectivity index (χ0v) is 71.9. The molecule has 0 bridgehead atoms. The second-order valence-corrected chi connectivity index (χ2v) is 32.3. The summed E-state index contributed by atoms with van der Waals surface area (Å²) in [5, 5.41) is 4.30. The molecular formula is C116H84BClN12O2. The highest BCUT2D eigenvalue weighted by atomic mass is 35.5. The fourth-order valence-corrected chi connectivity index (χ4v) is 16.4. The van der Waals surface area contributed by atoms with Crippen LogP contribution >= 0.6 is 11.6 Å². The first kappa shape index (κ1) is 62.7. The van der Waals surface area contributed by atoms with Crippen LogP contribution in [0.3, 0.4) is 0 Å². The summed E-state index contributed by atoms with van der Waals surface area (Å²) in [7, 11) is -0.849. The third-order valence-electron chi connectivity index (χ3n) is 23.2. The van der Waals surface area contributed by atoms with Crippen LogP contribution in [0.2, 0.25) is 5.15 Å². The van der Waals surface area contributed by atoms with Gasteiger partial charge in [-0.15, -0.1) is 0 Å². The van der Waals surface area contributed by atoms with Gasteiger partial charge in [-0.25, -0.2) is 49.8 Å². The van der Waals surface area contributed by atoms with Gasteiger partial charge in [-0.05, 0) is 110 Å². The summed E-state index contributed by atoms with van der Waals surface area (Å²) in [6.45, 7) is 7.76. The van der Waals surface area contributed by atoms with E-state index in [1.165, 1.54) is 0 Å². The fraction of sp³-hybridized carbons (Fsp3) is 0.0517. The molecule has 23 rings (SSSR count). The molecule has 0 N–H and O–H groups in total. The Morgan fingerprint density at radius 1 is 0.250 bits per heavy atom. The Labute approximate surface area is 798 Å². The highest BCUT2D eigenvalue weighted by molar-refractivity contribution is 6.62. The molecule has 16 heteroatoms. The molecule has 7 heterocycles. The monoisotopic (exact) mass is 1740 g/mol. The van der Waals surface area contributed by atoms with E-state index in [9.17, 15) is 0 Å². The van der Waals surface area contributed by atoms with Crippen LogP contribution in [-0.4, -0.2) is 77.3 Å². The lowest BCUT2D eigenvalue weighted by Gasteiger charge is -2.32. The van der Waals surface area contributed by atoms with E-state index in [2.05, 4.69) is 77.6 Å². The molecule has 0 radical (unpaired) electrons. The van der Waals surface area contributed by atoms with Crippen LogP contribution < -0.4 is 5.46 Å². The van der Waals surface area contributed by atoms with Crippen LogP contribution in [0.15, 0.2) is 436 Å². The van der Waals surface area contributed by atoms with Gasteiger partial charge in [0.1, 0.15) is 5.15 Å². The van der Waals surface area contributed by atoms with Crippen LogP contribution in [0.25, 0.3) is 202 Å². The molecule has 1 saturated heterocycles. The van der Waals surface area contributed by atoms with Crippen molar-refractivity contribution < 1.29 is 36.7 Å². The van der Waals surface area contributed by atoms with E-state index in [1.807, 2.05) is 282 Å². The third-order valence-corrected chi connectivity index (χ3v) is 23.3. The van der Waals surface area contributed by atoms with Gasteiger partial charge in [-0.3, -0.25) is 0 Å². The van der Waals surface area contributed by atoms with Crippen LogP contribution in [-0.2, 0) is 9.31 Å². The Hall–Kier alpha value is -16.4. The maximum Gasteiger partial charge on any atom is 0.494 e. The number of fused-ring (bicyclic) bond motifs is 6. The number of para-hydroxylation sites is 2. The standard InChI is InChI=1S/C55H36N6.C45H37BN4O2.C16H11ClN2/c1-6-19-37(20-7-1)43-30-18-32-50-51(43)44-29-16-17-31-48(44)61(50)49-34-33-42(47-36-46(38-21-8-2-9-22-38)56-52(57-47)39-23-10-3-11-24-39)35-45(49)55-59-53(40-25-12-4-13-26-40)58-54(60-55)41-27-14-5-15-28-41;1-44(2)45(3,4)52-46(51-44)33-27-28-38(50-37-25-15-14-23-35(37)40-34(24-16-26-39(40)50)30-17-8-5-9-18-30)36(29-33)43-48-41(31-19-10-6-11-20-31)47-42(49-43)32-21-12-7-13-22-32;17-15-11-14(12-7-3-1-4-8-12)18-16(19-15)13-9-5-2-6-10-13/h1-36H;5-29H,1-4H3;1-11H/i4D,5D,12D,13D,14D,15D,25D,26D,27D,28D;6D,7D,10D,11D,12D,13D,19D,20D,21D,22D;. The fourth-order valence-electron chi connectivity index (χ4n) is 16.2. The van der Waals surface area contributed by atoms with Crippen molar-refractivity contribution in [3.05, 3.63) is 441 Å². The van der Waals surface area contributed by atoms with Gasteiger partial charge >= 0.3 is 7.12 Å². The van der Waals surface area contributed by atoms with Gasteiger partial charge in [-0.2, -0.15) is 0 Å². The van der Waals surface area contributed by atoms with Gasteiger partial charge in [0.15, 0.2) is 46.6 Å². The average Bonchev–Trinajstić information content (AvgIpc) is 1.57. The molecule has 22 aromatic rings. The number of benzene rings is 16. The highest BCUT2D eigenvalue weighted by Crippen LogP contribution is 2.46. The molecule has 16 aromatic carbocycles. The summed E-state index contributed by atoms with van der Waals surface area (Å²) in [4.78, 5) is 47.6. The zero-order valence-electron chi connectivity index (χ0n) is 91.2. The Morgan fingerprint density at radius 3 is 0.962 bits per heavy atom. The molecule has 0 saturated carbocycles. The number of nitrogens with zero attached hydrogens (tertiary/aromatic N) is 12. The summed E-state index contributed by atoms with van der Waals surface area (Å²) in [5.74, 6) is -0.545. The van der Waals surface area contributed by atoms with Crippen LogP contribution in [0.4, 0.5) is 0 Å². The number of rotatable bonds is 16. The van der Waals surface area contributed by atoms with Gasteiger partial charge in [0, 0.05) is 88.8 Å². The van der Waals surface area contributed by atoms with E-state index in [0.29, 0.717) is 61.7 Å². The Balaban J connectivity index is 0.000000151. The average molecular weight is 1740 g/mol. The molecule has 132 heavy (non-hydrogen) atoms. The molecule has 0 spiro atoms. The summed E-state index contributed by atoms with van der Waals surface area (Å²) in [5.41, 5.74) is 13.1. The predicted octanol–water partition coefficient (Wildman–Crippen LogP) is 27.8. The second kappa shape index (κ2) is 36.0. The van der Waals surface area contributed by atoms with E-state index >= 15 is 0 Å². The predicted molar refractivity (Wildman–Crippen MR) is 537 cm³/mol. The maximum atomic E-state index is 9.01. The molecule has 0 atom stereocenters. The smallest absolute Gasteiger partial charge is 0.399 e. The Bertz CT molecular complexity index is 8880. The molecule has 1 aliphatic heterocycles. The molecule has 0 aliphatic carbocycles. The van der Waals surface area contributed by atoms with E-state index < -0.39 is 139 Å². The first-order valence-electron chi connectivity index (χ1n) is 52.4. The summed E-state index contributed by atoms with van der Waals surface area (Å²) in [6, 6.07) is 89.9. The number of hydrogen-bond donors (Lipinski definition) is 0. The Kier molecular flexibility index (Phi) is 17.1. The third kappa shape index (κ3) is 16.6. The van der Waals surface area contributed by atoms with Crippen molar-refractivity contribution >= 4 is 67.8 Å². The van der Waals surface area contributed by atoms with Crippen molar-refractivity contribution in [2.75, 3.05) is 0 Å². The zero-order chi connectivity index (χ0) is 106. The minimum atomic E-state index is -0.849. The summed E-state index contributed by atoms with van der Waals surface area (Å²) >= 11 is 6.10. The lowest BCUT2D eigenvalue weighted by Crippen LogP contribution is -2.41. The SMILES string of the molecule is Clc1cc(-c2ccccc2)nc(-c2ccccc2)n1.[2H]c1c([2H])c([2H])c(-c2nc(-c3cc(-c4cc(-c5ccccc5)nc(-c5ccccc5)n4)ccc3-n3c4ccccc4c4c(-c5ccccc5)cccc43)nc(-c3c([2H])c([2H])c([2H])c([2H])c3[2H])n2)c([2H])c1[2H].[2H]c1c([2H])c([2H])c(-c2nc(-c3cc(B4OC(C)(C)C(C)(C)O4)ccc3-n3c4ccccc4c4c(-c5ccccc5)cccc43)nc(-c3c([2H])c([2H])c([2H])c([2H])c3[2H])n2)c([2H])c1[2H]. The second-order valence-electron chi connectivity index (χ2n) is 31.9. The lowest BCUT2D eigenvalue weighted by atomic mass is 9.78. The molecule has 1 aliphatic rings. The molecule has 14 nitrogen and oxygen atoms in total. The van der Waals surface area contributed by atoms with E-state index in [1.54, 1.807) is 12.1 Å². The van der Waals surface area contributed by atoms with Crippen molar-refractivity contribution in [1.29, 1.82) is 0 Å². The minimum absolute atomic E-state index is 0.0814. The van der Waals surface area contributed by atoms with Crippen molar-refractivity contribution in [2.24, 2.45) is 0 Å². The largest absolute Gasteiger partial charge is 0.494 e. The first-order chi connectivity index (χ1) is 73.1. The van der Waals surface area contributed by atoms with Crippen molar-refractivity contribution in [3.63, 3.8) is 0 Å². The molecule has 0 amide bonds. The maximum absolute atomic E-state index is 9.01. The lowest BCUT2D eigenvalue weighted by molar-refractivity contribution is 0.00578. The molecule has 1 fully saturated rings. The number of hydrogen-bond acceptors (Lipinski definition) is 12. The topological polar surface area (TPSA) is 157 Å². The summed E-state index contributed by atoms with van der Waals surface area (Å²) in [6.07, 6.45) is 0. The van der Waals surface area contributed by atoms with Gasteiger partial charge < -0.3 is 18.4 Å². The van der Waals surface area contributed by atoms with Gasteiger partial charge in [0.2, 0.25) is 0 Å². The normalized spacial score (nSPS) is 14.8. The number of halogens is 1. The minimum Gasteiger partial charge on any atom is -0.399 e. The van der Waals surface area contributed by atoms with E-state index in [4.69, 9.17) is 78.2 Å². The van der Waals surface area contributed by atoms with Gasteiger partial charge in [0.05, 0.1) is 89.1 Å². The van der Waals surface area contributed by atoms with E-state index in [-0.39, 0.29) is 57.2 Å². The Morgan fingerprint density at radius 2 is 0.561 bits per heavy atom.